The van der Waals surface area contributed by atoms with E-state index in [4.69, 9.17) is 30.4 Å². The Kier molecular flexibility index (Phi) is 2.04. The predicted octanol–water partition coefficient (Wildman–Crippen LogP) is 5.16. The van der Waals surface area contributed by atoms with Crippen LogP contribution in [0.25, 0.3) is 6.08 Å². The molecule has 0 saturated carbocycles. The Hall–Kier alpha value is -1.98. The molecule has 0 spiro atoms. The Morgan fingerprint density at radius 3 is 2.92 bits per heavy atom. The minimum absolute atomic E-state index is 0.359. The van der Waals surface area contributed by atoms with Crippen molar-refractivity contribution >= 4 is 12.0 Å². The summed E-state index contributed by atoms with van der Waals surface area (Å²) in [4.78, 5) is 11.3. The molecule has 132 valence electrons. The number of hydrogen-bond donors (Lipinski definition) is 1. The van der Waals surface area contributed by atoms with E-state index in [-0.39, 0.29) is 5.56 Å². The number of alkyl halides is 3. The summed E-state index contributed by atoms with van der Waals surface area (Å²) in [5.41, 5.74) is -2.68. The number of carboxylic acid groups (broad SMARTS) is 1. The molecule has 0 amide bonds. The standard InChI is InChI=1S/C18H21F3O3/c1-3-4-5-6-11(2)12-7-8-13-9-14(17(22)23)16(18(19,20)21)24-15(13)10-12/h7-11,16H,3-6H2,1-2H3,(H,22,23)/i1D3,2D3,3D2,4D2,5D2,6D2,11D. The van der Waals surface area contributed by atoms with E-state index in [0.717, 1.165) is 6.07 Å². The van der Waals surface area contributed by atoms with Crippen LogP contribution < -0.4 is 4.74 Å². The van der Waals surface area contributed by atoms with Gasteiger partial charge in [0.15, 0.2) is 0 Å². The molecule has 2 unspecified atom stereocenters. The van der Waals surface area contributed by atoms with Crippen molar-refractivity contribution in [3.63, 3.8) is 0 Å². The monoisotopic (exact) mass is 357 g/mol. The molecule has 1 aliphatic heterocycles. The molecule has 2 rings (SSSR count). The van der Waals surface area contributed by atoms with Crippen LogP contribution in [0.15, 0.2) is 23.8 Å². The first-order valence-electron chi connectivity index (χ1n) is 13.8. The molecule has 0 saturated heterocycles. The highest BCUT2D eigenvalue weighted by atomic mass is 19.4. The summed E-state index contributed by atoms with van der Waals surface area (Å²) in [7, 11) is 0. The molecule has 0 aromatic heterocycles. The lowest BCUT2D eigenvalue weighted by Gasteiger charge is -2.27. The van der Waals surface area contributed by atoms with Gasteiger partial charge in [0.25, 0.3) is 0 Å². The smallest absolute Gasteiger partial charge is 0.430 e. The van der Waals surface area contributed by atoms with Crippen molar-refractivity contribution in [3.05, 3.63) is 34.9 Å². The third-order valence-electron chi connectivity index (χ3n) is 3.00. The number of ether oxygens (including phenoxy) is 1. The maximum absolute atomic E-state index is 13.5. The zero-order valence-electron chi connectivity index (χ0n) is 26.8. The molecule has 0 radical (unpaired) electrons. The van der Waals surface area contributed by atoms with E-state index < -0.39 is 80.2 Å². The summed E-state index contributed by atoms with van der Waals surface area (Å²) in [6.07, 6.45) is -24.9. The van der Waals surface area contributed by atoms with Gasteiger partial charge in [0.05, 0.1) is 5.57 Å². The molecule has 2 atom stereocenters. The minimum Gasteiger partial charge on any atom is -0.478 e. The molecule has 6 heteroatoms. The van der Waals surface area contributed by atoms with Crippen molar-refractivity contribution in [2.75, 3.05) is 0 Å². The van der Waals surface area contributed by atoms with Crippen molar-refractivity contribution in [3.8, 4) is 5.75 Å². The molecule has 1 aromatic carbocycles. The Balaban J connectivity index is 2.85. The highest BCUT2D eigenvalue weighted by Crippen LogP contribution is 2.38. The molecule has 1 aliphatic rings. The zero-order chi connectivity index (χ0) is 31.0. The minimum atomic E-state index is -5.29. The highest BCUT2D eigenvalue weighted by molar-refractivity contribution is 5.95. The Bertz CT molecular complexity index is 1170. The van der Waals surface area contributed by atoms with Gasteiger partial charge in [-0.2, -0.15) is 13.2 Å². The molecule has 0 fully saturated rings. The van der Waals surface area contributed by atoms with E-state index in [1.807, 2.05) is 0 Å². The summed E-state index contributed by atoms with van der Waals surface area (Å²) in [5, 5.41) is 9.13. The van der Waals surface area contributed by atoms with Crippen LogP contribution in [0.5, 0.6) is 5.75 Å². The Labute approximate surface area is 160 Å². The van der Waals surface area contributed by atoms with Gasteiger partial charge in [-0.3, -0.25) is 0 Å². The lowest BCUT2D eigenvalue weighted by atomic mass is 9.92. The molecule has 24 heavy (non-hydrogen) atoms. The fourth-order valence-electron chi connectivity index (χ4n) is 1.96. The first kappa shape index (κ1) is 6.73. The quantitative estimate of drug-likeness (QED) is 0.765. The molecule has 1 aromatic rings. The SMILES string of the molecule is [2H]C([2H])([2H])C([2H])([2H])C([2H])([2H])C([2H])([2H])C([2H])([2H])C([2H])(c1ccc2c(c1)OC(C(F)(F)F)C(C(=O)O)=C2)C([2H])([2H])[2H]. The lowest BCUT2D eigenvalue weighted by Crippen LogP contribution is -2.40. The van der Waals surface area contributed by atoms with Crippen molar-refractivity contribution in [1.29, 1.82) is 0 Å². The number of carbonyl (C=O) groups is 1. The van der Waals surface area contributed by atoms with Crippen LogP contribution in [-0.4, -0.2) is 23.4 Å². The van der Waals surface area contributed by atoms with Crippen LogP contribution in [0.2, 0.25) is 0 Å². The van der Waals surface area contributed by atoms with E-state index in [9.17, 15) is 18.0 Å². The summed E-state index contributed by atoms with van der Waals surface area (Å²) in [6, 6.07) is 1.84. The van der Waals surface area contributed by atoms with Gasteiger partial charge in [-0.1, -0.05) is 45.0 Å². The normalized spacial score (nSPS) is 32.4. The maximum atomic E-state index is 13.5. The fourth-order valence-corrected chi connectivity index (χ4v) is 1.96. The van der Waals surface area contributed by atoms with Crippen LogP contribution in [0.1, 0.15) is 76.8 Å². The van der Waals surface area contributed by atoms with Crippen LogP contribution in [0.4, 0.5) is 13.2 Å². The molecular weight excluding hydrogens is 321 g/mol. The number of carboxylic acids is 1. The third kappa shape index (κ3) is 4.10. The van der Waals surface area contributed by atoms with Crippen LogP contribution in [0, 0.1) is 0 Å². The van der Waals surface area contributed by atoms with Crippen LogP contribution in [-0.2, 0) is 4.79 Å². The number of fused-ring (bicyclic) bond motifs is 1. The van der Waals surface area contributed by atoms with E-state index in [2.05, 4.69) is 0 Å². The van der Waals surface area contributed by atoms with Crippen LogP contribution in [0.3, 0.4) is 0 Å². The number of benzene rings is 1. The first-order chi connectivity index (χ1) is 17.0. The molecule has 1 heterocycles. The molecule has 3 nitrogen and oxygen atoms in total. The van der Waals surface area contributed by atoms with Crippen molar-refractivity contribution in [2.45, 2.75) is 57.4 Å². The van der Waals surface area contributed by atoms with Gasteiger partial charge in [-0.25, -0.2) is 4.79 Å². The number of halogens is 3. The van der Waals surface area contributed by atoms with E-state index in [1.165, 1.54) is 0 Å². The van der Waals surface area contributed by atoms with Gasteiger partial charge in [0.2, 0.25) is 6.10 Å². The predicted molar refractivity (Wildman–Crippen MR) is 85.1 cm³/mol. The van der Waals surface area contributed by atoms with E-state index in [0.29, 0.717) is 18.2 Å². The lowest BCUT2D eigenvalue weighted by molar-refractivity contribution is -0.187. The molecular formula is C18H21F3O3. The summed E-state index contributed by atoms with van der Waals surface area (Å²) < 4.78 is 163. The van der Waals surface area contributed by atoms with Crippen LogP contribution >= 0.6 is 0 Å². The average molecular weight is 357 g/mol. The summed E-state index contributed by atoms with van der Waals surface area (Å²) >= 11 is 0. The topological polar surface area (TPSA) is 46.5 Å². The van der Waals surface area contributed by atoms with Gasteiger partial charge in [-0.05, 0) is 30.0 Å². The zero-order valence-corrected chi connectivity index (χ0v) is 11.8. The number of rotatable bonds is 6. The fraction of sp³-hybridized carbons (Fsp3) is 0.500. The Morgan fingerprint density at radius 2 is 2.29 bits per heavy atom. The molecule has 1 N–H and O–H groups in total. The van der Waals surface area contributed by atoms with Crippen molar-refractivity contribution < 1.29 is 48.4 Å². The summed E-state index contributed by atoms with van der Waals surface area (Å²) in [6.45, 7) is -7.81. The van der Waals surface area contributed by atoms with E-state index >= 15 is 0 Å². The van der Waals surface area contributed by atoms with Crippen molar-refractivity contribution in [2.24, 2.45) is 0 Å². The van der Waals surface area contributed by atoms with Gasteiger partial charge in [-0.15, -0.1) is 0 Å². The second-order valence-electron chi connectivity index (χ2n) is 4.57. The Morgan fingerprint density at radius 1 is 1.50 bits per heavy atom. The first-order valence-corrected chi connectivity index (χ1v) is 6.33. The average Bonchev–Trinajstić information content (AvgIpc) is 2.74. The summed E-state index contributed by atoms with van der Waals surface area (Å²) in [5.74, 6) is -6.78. The van der Waals surface area contributed by atoms with Crippen molar-refractivity contribution in [1.82, 2.24) is 0 Å². The second-order valence-corrected chi connectivity index (χ2v) is 4.57. The number of aliphatic carboxylic acids is 1. The molecule has 0 bridgehead atoms. The molecule has 0 aliphatic carbocycles. The maximum Gasteiger partial charge on any atom is 0.430 e. The second kappa shape index (κ2) is 7.28. The highest BCUT2D eigenvalue weighted by Gasteiger charge is 2.48. The van der Waals surface area contributed by atoms with Gasteiger partial charge < -0.3 is 9.84 Å². The van der Waals surface area contributed by atoms with Gasteiger partial charge in [0, 0.05) is 26.1 Å². The van der Waals surface area contributed by atoms with Gasteiger partial charge in [0.1, 0.15) is 5.75 Å². The number of hydrogen-bond acceptors (Lipinski definition) is 2. The third-order valence-corrected chi connectivity index (χ3v) is 3.00. The van der Waals surface area contributed by atoms with Gasteiger partial charge >= 0.3 is 12.1 Å². The van der Waals surface area contributed by atoms with E-state index in [1.54, 1.807) is 0 Å². The largest absolute Gasteiger partial charge is 0.478 e.